The molecule has 0 bridgehead atoms. The topological polar surface area (TPSA) is 152 Å². The second-order valence-corrected chi connectivity index (χ2v) is 9.12. The Morgan fingerprint density at radius 2 is 1.74 bits per heavy atom. The van der Waals surface area contributed by atoms with Crippen LogP contribution in [-0.4, -0.2) is 40.8 Å². The summed E-state index contributed by atoms with van der Waals surface area (Å²) in [6, 6.07) is 13.3. The van der Waals surface area contributed by atoms with Crippen LogP contribution < -0.4 is 15.4 Å². The molecule has 35 heavy (non-hydrogen) atoms. The standard InChI is InChI=1S/C23H21FN4O6S/c1-33-22(29)19-18(13-7-5-4-6-8-13)15(12-25)21(26)28(20(19)23(30)34-2)17-11-14(24)9-10-16(17)27-35(3,31)32/h4-11,18,27H,26H2,1-3H3. The van der Waals surface area contributed by atoms with Gasteiger partial charge in [0.15, 0.2) is 0 Å². The molecule has 0 fully saturated rings. The fourth-order valence-corrected chi connectivity index (χ4v) is 4.31. The number of allylic oxidation sites excluding steroid dienone is 1. The van der Waals surface area contributed by atoms with Crippen LogP contribution in [0, 0.1) is 17.1 Å². The van der Waals surface area contributed by atoms with Gasteiger partial charge in [-0.3, -0.25) is 9.62 Å². The van der Waals surface area contributed by atoms with Gasteiger partial charge in [-0.2, -0.15) is 5.26 Å². The molecule has 0 saturated heterocycles. The lowest BCUT2D eigenvalue weighted by molar-refractivity contribution is -0.139. The first-order valence-corrected chi connectivity index (χ1v) is 11.9. The number of rotatable bonds is 6. The molecule has 1 unspecified atom stereocenters. The van der Waals surface area contributed by atoms with Crippen LogP contribution in [0.4, 0.5) is 15.8 Å². The summed E-state index contributed by atoms with van der Waals surface area (Å²) in [5.74, 6) is -4.30. The van der Waals surface area contributed by atoms with Gasteiger partial charge in [0.25, 0.3) is 0 Å². The average Bonchev–Trinajstić information content (AvgIpc) is 2.83. The third-order valence-corrected chi connectivity index (χ3v) is 5.70. The fraction of sp³-hybridized carbons (Fsp3) is 0.174. The summed E-state index contributed by atoms with van der Waals surface area (Å²) in [4.78, 5) is 27.0. The highest BCUT2D eigenvalue weighted by Crippen LogP contribution is 2.45. The van der Waals surface area contributed by atoms with Crippen molar-refractivity contribution in [2.24, 2.45) is 5.73 Å². The lowest BCUT2D eigenvalue weighted by Gasteiger charge is -2.36. The van der Waals surface area contributed by atoms with Crippen LogP contribution in [0.15, 0.2) is 71.2 Å². The Balaban J connectivity index is 2.47. The number of sulfonamides is 1. The van der Waals surface area contributed by atoms with Crippen LogP contribution >= 0.6 is 0 Å². The van der Waals surface area contributed by atoms with Crippen LogP contribution in [0.25, 0.3) is 0 Å². The lowest BCUT2D eigenvalue weighted by Crippen LogP contribution is -2.41. The van der Waals surface area contributed by atoms with Gasteiger partial charge in [0.1, 0.15) is 17.3 Å². The first-order valence-electron chi connectivity index (χ1n) is 9.97. The molecular weight excluding hydrogens is 479 g/mol. The van der Waals surface area contributed by atoms with Crippen LogP contribution in [0.5, 0.6) is 0 Å². The summed E-state index contributed by atoms with van der Waals surface area (Å²) in [7, 11) is -1.72. The minimum absolute atomic E-state index is 0.154. The van der Waals surface area contributed by atoms with Gasteiger partial charge in [-0.1, -0.05) is 30.3 Å². The summed E-state index contributed by atoms with van der Waals surface area (Å²) in [5, 5.41) is 10.0. The van der Waals surface area contributed by atoms with Gasteiger partial charge in [0.05, 0.1) is 55.0 Å². The van der Waals surface area contributed by atoms with E-state index in [-0.39, 0.29) is 28.3 Å². The third-order valence-electron chi connectivity index (χ3n) is 5.11. The summed E-state index contributed by atoms with van der Waals surface area (Å²) in [6.45, 7) is 0. The van der Waals surface area contributed by atoms with Crippen molar-refractivity contribution in [3.05, 3.63) is 82.6 Å². The van der Waals surface area contributed by atoms with Gasteiger partial charge >= 0.3 is 11.9 Å². The monoisotopic (exact) mass is 500 g/mol. The molecule has 2 aromatic rings. The van der Waals surface area contributed by atoms with Gasteiger partial charge in [0.2, 0.25) is 10.0 Å². The molecule has 0 aliphatic carbocycles. The number of methoxy groups -OCH3 is 2. The van der Waals surface area contributed by atoms with Crippen molar-refractivity contribution in [1.82, 2.24) is 0 Å². The van der Waals surface area contributed by atoms with Gasteiger partial charge in [-0.05, 0) is 17.7 Å². The van der Waals surface area contributed by atoms with E-state index < -0.39 is 39.4 Å². The van der Waals surface area contributed by atoms with E-state index in [2.05, 4.69) is 4.72 Å². The number of halogens is 1. The first-order chi connectivity index (χ1) is 16.5. The van der Waals surface area contributed by atoms with Gasteiger partial charge in [-0.25, -0.2) is 22.4 Å². The van der Waals surface area contributed by atoms with Crippen LogP contribution in [0.1, 0.15) is 11.5 Å². The number of nitrogens with one attached hydrogen (secondary N) is 1. The van der Waals surface area contributed by atoms with E-state index >= 15 is 0 Å². The van der Waals surface area contributed by atoms with Crippen molar-refractivity contribution < 1.29 is 31.9 Å². The number of carbonyl (C=O) groups is 2. The maximum atomic E-state index is 14.4. The van der Waals surface area contributed by atoms with Crippen LogP contribution in [0.3, 0.4) is 0 Å². The van der Waals surface area contributed by atoms with E-state index in [0.717, 1.165) is 43.6 Å². The predicted octanol–water partition coefficient (Wildman–Crippen LogP) is 2.09. The number of benzene rings is 2. The molecule has 12 heteroatoms. The van der Waals surface area contributed by atoms with Crippen molar-refractivity contribution in [2.45, 2.75) is 5.92 Å². The average molecular weight is 501 g/mol. The predicted molar refractivity (Wildman–Crippen MR) is 124 cm³/mol. The van der Waals surface area contributed by atoms with E-state index in [1.807, 2.05) is 6.07 Å². The third kappa shape index (κ3) is 4.95. The number of anilines is 2. The van der Waals surface area contributed by atoms with Crippen LogP contribution in [-0.2, 0) is 29.1 Å². The Morgan fingerprint density at radius 3 is 2.29 bits per heavy atom. The number of hydrogen-bond acceptors (Lipinski definition) is 9. The molecule has 0 aromatic heterocycles. The molecule has 1 heterocycles. The molecule has 2 aromatic carbocycles. The van der Waals surface area contributed by atoms with Crippen molar-refractivity contribution in [1.29, 1.82) is 5.26 Å². The quantitative estimate of drug-likeness (QED) is 0.568. The van der Waals surface area contributed by atoms with E-state index in [1.54, 1.807) is 30.3 Å². The molecule has 0 radical (unpaired) electrons. The number of nitrogens with two attached hydrogens (primary N) is 1. The normalized spacial score (nSPS) is 16.0. The maximum absolute atomic E-state index is 14.4. The number of hydrogen-bond donors (Lipinski definition) is 2. The molecule has 3 N–H and O–H groups in total. The molecule has 10 nitrogen and oxygen atoms in total. The smallest absolute Gasteiger partial charge is 0.355 e. The van der Waals surface area contributed by atoms with Crippen molar-refractivity contribution in [2.75, 3.05) is 30.1 Å². The Kier molecular flexibility index (Phi) is 7.12. The molecule has 1 aliphatic rings. The lowest BCUT2D eigenvalue weighted by atomic mass is 9.81. The molecule has 3 rings (SSSR count). The summed E-state index contributed by atoms with van der Waals surface area (Å²) >= 11 is 0. The minimum Gasteiger partial charge on any atom is -0.466 e. The number of nitrogens with zero attached hydrogens (tertiary/aromatic N) is 2. The number of carbonyl (C=O) groups excluding carboxylic acids is 2. The first kappa shape index (κ1) is 25.3. The minimum atomic E-state index is -3.86. The fourth-order valence-electron chi connectivity index (χ4n) is 3.74. The van der Waals surface area contributed by atoms with E-state index in [1.165, 1.54) is 0 Å². The molecule has 0 amide bonds. The highest BCUT2D eigenvalue weighted by Gasteiger charge is 2.43. The number of nitriles is 1. The van der Waals surface area contributed by atoms with Crippen molar-refractivity contribution in [3.63, 3.8) is 0 Å². The van der Waals surface area contributed by atoms with E-state index in [4.69, 9.17) is 15.2 Å². The Labute approximate surface area is 201 Å². The number of esters is 2. The SMILES string of the molecule is COC(=O)C1=C(C(=O)OC)N(c2cc(F)ccc2NS(C)(=O)=O)C(N)=C(C#N)C1c1ccccc1. The van der Waals surface area contributed by atoms with Crippen molar-refractivity contribution >= 4 is 33.3 Å². The number of ether oxygens (including phenoxy) is 2. The summed E-state index contributed by atoms with van der Waals surface area (Å²) < 4.78 is 50.3. The molecule has 0 spiro atoms. The molecule has 1 aliphatic heterocycles. The zero-order valence-corrected chi connectivity index (χ0v) is 19.7. The largest absolute Gasteiger partial charge is 0.466 e. The Hall–Kier alpha value is -4.37. The molecule has 0 saturated carbocycles. The molecule has 1 atom stereocenters. The second-order valence-electron chi connectivity index (χ2n) is 7.37. The van der Waals surface area contributed by atoms with E-state index in [0.29, 0.717) is 5.56 Å². The van der Waals surface area contributed by atoms with Gasteiger partial charge in [-0.15, -0.1) is 0 Å². The Morgan fingerprint density at radius 1 is 1.11 bits per heavy atom. The van der Waals surface area contributed by atoms with Crippen molar-refractivity contribution in [3.8, 4) is 6.07 Å². The zero-order valence-electron chi connectivity index (χ0n) is 18.9. The zero-order chi connectivity index (χ0) is 25.9. The highest BCUT2D eigenvalue weighted by molar-refractivity contribution is 7.92. The van der Waals surface area contributed by atoms with Gasteiger partial charge < -0.3 is 15.2 Å². The Bertz CT molecular complexity index is 1400. The van der Waals surface area contributed by atoms with E-state index in [9.17, 15) is 27.7 Å². The van der Waals surface area contributed by atoms with Crippen LogP contribution in [0.2, 0.25) is 0 Å². The highest BCUT2D eigenvalue weighted by atomic mass is 32.2. The molecular formula is C23H21FN4O6S. The second kappa shape index (κ2) is 9.86. The summed E-state index contributed by atoms with van der Waals surface area (Å²) in [6.07, 6.45) is 0.874. The molecule has 182 valence electrons. The maximum Gasteiger partial charge on any atom is 0.355 e. The summed E-state index contributed by atoms with van der Waals surface area (Å²) in [5.41, 5.74) is 5.45. The van der Waals surface area contributed by atoms with Gasteiger partial charge in [0, 0.05) is 6.07 Å².